The quantitative estimate of drug-likeness (QED) is 0.850. The summed E-state index contributed by atoms with van der Waals surface area (Å²) in [6.07, 6.45) is 0. The van der Waals surface area contributed by atoms with Crippen LogP contribution in [0.5, 0.6) is 5.75 Å². The van der Waals surface area contributed by atoms with Crippen LogP contribution in [0.15, 0.2) is 42.5 Å². The Hall–Kier alpha value is -2.82. The minimum Gasteiger partial charge on any atom is -0.497 e. The molecule has 2 aromatic carbocycles. The summed E-state index contributed by atoms with van der Waals surface area (Å²) in [6.45, 7) is 7.82. The number of amides is 2. The maximum absolute atomic E-state index is 13.2. The second-order valence-corrected chi connectivity index (χ2v) is 8.69. The second kappa shape index (κ2) is 6.36. The Morgan fingerprint density at radius 3 is 2.50 bits per heavy atom. The fourth-order valence-electron chi connectivity index (χ4n) is 4.28. The number of benzene rings is 2. The number of nitrogens with zero attached hydrogens (tertiary/aromatic N) is 1. The summed E-state index contributed by atoms with van der Waals surface area (Å²) in [5, 5.41) is 3.24. The van der Waals surface area contributed by atoms with E-state index < -0.39 is 5.41 Å². The number of hydrogen-bond donors (Lipinski definition) is 1. The van der Waals surface area contributed by atoms with Gasteiger partial charge >= 0.3 is 0 Å². The zero-order valence-corrected chi connectivity index (χ0v) is 16.9. The number of rotatable bonds is 2. The molecule has 0 bridgehead atoms. The lowest BCUT2D eigenvalue weighted by Gasteiger charge is -2.43. The highest BCUT2D eigenvalue weighted by molar-refractivity contribution is 6.12. The standard InChI is InChI=1S/C23H26N2O3/c1-13-19(24-22(27)23(2,3)4)17-12-14(28-5)10-11-18(17)25-20(13)15-8-6-7-9-16(15)21(25)26/h6-13,19-20H,1-5H3,(H,24,27)/t13-,19-,20-/m1/s1. The zero-order valence-electron chi connectivity index (χ0n) is 16.9. The minimum absolute atomic E-state index is 0.0100. The molecule has 0 radical (unpaired) electrons. The highest BCUT2D eigenvalue weighted by Gasteiger charge is 2.48. The van der Waals surface area contributed by atoms with Crippen LogP contribution < -0.4 is 15.0 Å². The fourth-order valence-corrected chi connectivity index (χ4v) is 4.28. The Labute approximate surface area is 165 Å². The molecule has 2 aliphatic rings. The first-order chi connectivity index (χ1) is 13.2. The van der Waals surface area contributed by atoms with Crippen LogP contribution in [0.1, 0.15) is 61.3 Å². The Kier molecular flexibility index (Phi) is 4.21. The van der Waals surface area contributed by atoms with Gasteiger partial charge < -0.3 is 15.0 Å². The van der Waals surface area contributed by atoms with E-state index in [-0.39, 0.29) is 29.8 Å². The highest BCUT2D eigenvalue weighted by Crippen LogP contribution is 2.52. The summed E-state index contributed by atoms with van der Waals surface area (Å²) in [7, 11) is 1.62. The molecule has 2 aliphatic heterocycles. The van der Waals surface area contributed by atoms with E-state index in [9.17, 15) is 9.59 Å². The van der Waals surface area contributed by atoms with Crippen LogP contribution >= 0.6 is 0 Å². The van der Waals surface area contributed by atoms with E-state index in [1.165, 1.54) is 0 Å². The van der Waals surface area contributed by atoms with Crippen LogP contribution in [0.25, 0.3) is 0 Å². The van der Waals surface area contributed by atoms with E-state index >= 15 is 0 Å². The third-order valence-electron chi connectivity index (χ3n) is 5.83. The summed E-state index contributed by atoms with van der Waals surface area (Å²) < 4.78 is 5.42. The Bertz CT molecular complexity index is 961. The van der Waals surface area contributed by atoms with E-state index in [0.717, 1.165) is 22.4 Å². The van der Waals surface area contributed by atoms with Gasteiger partial charge in [-0.25, -0.2) is 0 Å². The van der Waals surface area contributed by atoms with E-state index in [1.807, 2.05) is 68.1 Å². The first-order valence-electron chi connectivity index (χ1n) is 9.65. The first kappa shape index (κ1) is 18.5. The molecule has 0 fully saturated rings. The molecule has 0 saturated heterocycles. The molecule has 0 aliphatic carbocycles. The molecule has 1 N–H and O–H groups in total. The smallest absolute Gasteiger partial charge is 0.259 e. The number of nitrogens with one attached hydrogen (secondary N) is 1. The second-order valence-electron chi connectivity index (χ2n) is 8.69. The van der Waals surface area contributed by atoms with Gasteiger partial charge in [-0.3, -0.25) is 9.59 Å². The van der Waals surface area contributed by atoms with Crippen molar-refractivity contribution < 1.29 is 14.3 Å². The monoisotopic (exact) mass is 378 g/mol. The summed E-state index contributed by atoms with van der Waals surface area (Å²) in [5.41, 5.74) is 3.02. The van der Waals surface area contributed by atoms with Crippen LogP contribution in [0.4, 0.5) is 5.69 Å². The van der Waals surface area contributed by atoms with Crippen molar-refractivity contribution in [3.63, 3.8) is 0 Å². The lowest BCUT2D eigenvalue weighted by atomic mass is 9.80. The summed E-state index contributed by atoms with van der Waals surface area (Å²) >= 11 is 0. The summed E-state index contributed by atoms with van der Waals surface area (Å²) in [5.74, 6) is 0.728. The molecule has 4 rings (SSSR count). The van der Waals surface area contributed by atoms with Gasteiger partial charge in [0.05, 0.1) is 24.9 Å². The molecule has 28 heavy (non-hydrogen) atoms. The van der Waals surface area contributed by atoms with Crippen molar-refractivity contribution in [2.45, 2.75) is 39.8 Å². The van der Waals surface area contributed by atoms with Crippen LogP contribution in [0.3, 0.4) is 0 Å². The average Bonchev–Trinajstić information content (AvgIpc) is 2.97. The van der Waals surface area contributed by atoms with E-state index in [4.69, 9.17) is 4.74 Å². The molecule has 5 nitrogen and oxygen atoms in total. The van der Waals surface area contributed by atoms with Gasteiger partial charge in [0.15, 0.2) is 0 Å². The summed E-state index contributed by atoms with van der Waals surface area (Å²) in [6, 6.07) is 13.2. The van der Waals surface area contributed by atoms with E-state index in [2.05, 4.69) is 12.2 Å². The van der Waals surface area contributed by atoms with Crippen molar-refractivity contribution in [1.82, 2.24) is 5.32 Å². The van der Waals surface area contributed by atoms with Gasteiger partial charge in [0.25, 0.3) is 5.91 Å². The topological polar surface area (TPSA) is 58.6 Å². The van der Waals surface area contributed by atoms with Gasteiger partial charge in [-0.2, -0.15) is 0 Å². The van der Waals surface area contributed by atoms with Gasteiger partial charge in [-0.05, 0) is 29.8 Å². The van der Waals surface area contributed by atoms with Crippen molar-refractivity contribution in [2.24, 2.45) is 11.3 Å². The van der Waals surface area contributed by atoms with Crippen LogP contribution in [-0.2, 0) is 4.79 Å². The largest absolute Gasteiger partial charge is 0.497 e. The van der Waals surface area contributed by atoms with Gasteiger partial charge in [0, 0.05) is 22.5 Å². The van der Waals surface area contributed by atoms with Gasteiger partial charge in [0.1, 0.15) is 5.75 Å². The maximum atomic E-state index is 13.2. The first-order valence-corrected chi connectivity index (χ1v) is 9.65. The zero-order chi connectivity index (χ0) is 20.2. The molecule has 0 spiro atoms. The minimum atomic E-state index is -0.501. The van der Waals surface area contributed by atoms with Crippen molar-refractivity contribution in [2.75, 3.05) is 12.0 Å². The van der Waals surface area contributed by atoms with Crippen LogP contribution in [0, 0.1) is 11.3 Å². The molecule has 0 unspecified atom stereocenters. The number of carbonyl (C=O) groups excluding carboxylic acids is 2. The van der Waals surface area contributed by atoms with E-state index in [0.29, 0.717) is 5.75 Å². The number of carbonyl (C=O) groups is 2. The molecule has 0 aromatic heterocycles. The lowest BCUT2D eigenvalue weighted by Crippen LogP contribution is -2.46. The SMILES string of the molecule is COc1ccc2c(c1)[C@H](NC(=O)C(C)(C)C)[C@@H](C)[C@@H]1c3ccccc3C(=O)N21. The average molecular weight is 378 g/mol. The number of hydrogen-bond acceptors (Lipinski definition) is 3. The molecule has 3 atom stereocenters. The molecular weight excluding hydrogens is 352 g/mol. The Morgan fingerprint density at radius 2 is 1.82 bits per heavy atom. The van der Waals surface area contributed by atoms with Crippen molar-refractivity contribution >= 4 is 17.5 Å². The third kappa shape index (κ3) is 2.68. The molecule has 146 valence electrons. The van der Waals surface area contributed by atoms with Crippen LogP contribution in [0.2, 0.25) is 0 Å². The predicted molar refractivity (Wildman–Crippen MR) is 108 cm³/mol. The molecule has 0 saturated carbocycles. The predicted octanol–water partition coefficient (Wildman–Crippen LogP) is 4.25. The van der Waals surface area contributed by atoms with Gasteiger partial charge in [-0.15, -0.1) is 0 Å². The van der Waals surface area contributed by atoms with Gasteiger partial charge in [-0.1, -0.05) is 45.9 Å². The number of fused-ring (bicyclic) bond motifs is 5. The van der Waals surface area contributed by atoms with Crippen LogP contribution in [-0.4, -0.2) is 18.9 Å². The number of anilines is 1. The van der Waals surface area contributed by atoms with Crippen molar-refractivity contribution in [3.8, 4) is 5.75 Å². The highest BCUT2D eigenvalue weighted by atomic mass is 16.5. The summed E-state index contributed by atoms with van der Waals surface area (Å²) in [4.78, 5) is 27.9. The van der Waals surface area contributed by atoms with Crippen molar-refractivity contribution in [1.29, 1.82) is 0 Å². The Morgan fingerprint density at radius 1 is 1.11 bits per heavy atom. The van der Waals surface area contributed by atoms with Gasteiger partial charge in [0.2, 0.25) is 5.91 Å². The molecule has 2 aromatic rings. The molecule has 2 heterocycles. The number of ether oxygens (including phenoxy) is 1. The number of methoxy groups -OCH3 is 1. The van der Waals surface area contributed by atoms with E-state index in [1.54, 1.807) is 7.11 Å². The Balaban J connectivity index is 1.87. The fraction of sp³-hybridized carbons (Fsp3) is 0.391. The van der Waals surface area contributed by atoms with Crippen molar-refractivity contribution in [3.05, 3.63) is 59.2 Å². The molecule has 5 heteroatoms. The molecular formula is C23H26N2O3. The lowest BCUT2D eigenvalue weighted by molar-refractivity contribution is -0.129. The third-order valence-corrected chi connectivity index (χ3v) is 5.83. The normalized spacial score (nSPS) is 23.0. The molecule has 2 amide bonds. The maximum Gasteiger partial charge on any atom is 0.259 e.